The van der Waals surface area contributed by atoms with Gasteiger partial charge in [-0.2, -0.15) is 0 Å². The van der Waals surface area contributed by atoms with Gasteiger partial charge in [-0.3, -0.25) is 9.59 Å². The van der Waals surface area contributed by atoms with Crippen LogP contribution in [0.25, 0.3) is 0 Å². The third kappa shape index (κ3) is 3.11. The van der Waals surface area contributed by atoms with Crippen molar-refractivity contribution in [3.63, 3.8) is 0 Å². The first kappa shape index (κ1) is 18.5. The van der Waals surface area contributed by atoms with Gasteiger partial charge in [0.15, 0.2) is 11.5 Å². The van der Waals surface area contributed by atoms with Crippen molar-refractivity contribution in [2.24, 2.45) is 5.92 Å². The monoisotopic (exact) mass is 357 g/mol. The van der Waals surface area contributed by atoms with E-state index >= 15 is 0 Å². The van der Waals surface area contributed by atoms with Gasteiger partial charge in [0.25, 0.3) is 5.91 Å². The van der Waals surface area contributed by atoms with Crippen LogP contribution in [0.15, 0.2) is 35.6 Å². The fraction of sp³-hybridized carbons (Fsp3) is 0.524. The van der Waals surface area contributed by atoms with Crippen molar-refractivity contribution in [1.82, 2.24) is 4.90 Å². The summed E-state index contributed by atoms with van der Waals surface area (Å²) in [5, 5.41) is 10.6. The number of carbonyl (C=O) groups excluding carboxylic acids is 2. The van der Waals surface area contributed by atoms with E-state index in [0.29, 0.717) is 5.75 Å². The molecule has 0 spiro atoms. The van der Waals surface area contributed by atoms with Crippen molar-refractivity contribution in [1.29, 1.82) is 0 Å². The highest BCUT2D eigenvalue weighted by atomic mass is 16.5. The zero-order valence-corrected chi connectivity index (χ0v) is 15.7. The molecule has 140 valence electrons. The van der Waals surface area contributed by atoms with Crippen LogP contribution in [0.5, 0.6) is 5.75 Å². The topological polar surface area (TPSA) is 66.8 Å². The molecule has 1 heterocycles. The number of methoxy groups -OCH3 is 1. The molecule has 1 aliphatic carbocycles. The van der Waals surface area contributed by atoms with Gasteiger partial charge in [0.2, 0.25) is 0 Å². The van der Waals surface area contributed by atoms with Crippen LogP contribution in [0.1, 0.15) is 57.6 Å². The molecular formula is C21H27NO4. The van der Waals surface area contributed by atoms with Crippen LogP contribution in [0.3, 0.4) is 0 Å². The lowest BCUT2D eigenvalue weighted by molar-refractivity contribution is -0.132. The van der Waals surface area contributed by atoms with E-state index in [1.807, 2.05) is 24.3 Å². The maximum absolute atomic E-state index is 13.0. The van der Waals surface area contributed by atoms with Gasteiger partial charge in [0.05, 0.1) is 18.7 Å². The van der Waals surface area contributed by atoms with Gasteiger partial charge in [-0.1, -0.05) is 51.3 Å². The Kier molecular flexibility index (Phi) is 5.35. The number of hydrogen-bond donors (Lipinski definition) is 1. The van der Waals surface area contributed by atoms with Crippen molar-refractivity contribution in [2.75, 3.05) is 7.11 Å². The average Bonchev–Trinajstić information content (AvgIpc) is 2.92. The molecule has 1 atom stereocenters. The molecule has 0 aromatic heterocycles. The van der Waals surface area contributed by atoms with Gasteiger partial charge >= 0.3 is 0 Å². The quantitative estimate of drug-likeness (QED) is 0.866. The second-order valence-electron chi connectivity index (χ2n) is 7.43. The Morgan fingerprint density at radius 1 is 1.19 bits per heavy atom. The van der Waals surface area contributed by atoms with E-state index < -0.39 is 17.7 Å². The van der Waals surface area contributed by atoms with Crippen molar-refractivity contribution >= 4 is 11.7 Å². The first-order valence-electron chi connectivity index (χ1n) is 9.40. The molecule has 1 aromatic rings. The van der Waals surface area contributed by atoms with Crippen molar-refractivity contribution in [3.05, 3.63) is 41.2 Å². The summed E-state index contributed by atoms with van der Waals surface area (Å²) in [6, 6.07) is 6.87. The maximum Gasteiger partial charge on any atom is 0.290 e. The summed E-state index contributed by atoms with van der Waals surface area (Å²) in [5.41, 5.74) is 0.960. The molecule has 5 heteroatoms. The average molecular weight is 357 g/mol. The molecule has 3 rings (SSSR count). The Morgan fingerprint density at radius 3 is 2.46 bits per heavy atom. The number of carbonyl (C=O) groups is 2. The van der Waals surface area contributed by atoms with Crippen LogP contribution in [0, 0.1) is 5.92 Å². The van der Waals surface area contributed by atoms with E-state index in [4.69, 9.17) is 4.74 Å². The Morgan fingerprint density at radius 2 is 1.85 bits per heavy atom. The van der Waals surface area contributed by atoms with E-state index in [1.165, 1.54) is 0 Å². The summed E-state index contributed by atoms with van der Waals surface area (Å²) < 4.78 is 5.50. The van der Waals surface area contributed by atoms with E-state index in [1.54, 1.807) is 25.9 Å². The number of benzene rings is 1. The first-order valence-corrected chi connectivity index (χ1v) is 9.40. The molecule has 1 N–H and O–H groups in total. The van der Waals surface area contributed by atoms with E-state index in [-0.39, 0.29) is 23.3 Å². The standard InChI is InChI=1S/C21H27NO4/c1-13(2)19(23)17-18(15-11-7-8-12-16(15)26-3)22(21(25)20(17)24)14-9-5-4-6-10-14/h7-8,11-14,18,24H,4-6,9-10H2,1-3H3. The molecular weight excluding hydrogens is 330 g/mol. The van der Waals surface area contributed by atoms with E-state index in [0.717, 1.165) is 37.7 Å². The minimum atomic E-state index is -0.586. The minimum absolute atomic E-state index is 0.0331. The van der Waals surface area contributed by atoms with Crippen molar-refractivity contribution < 1.29 is 19.4 Å². The number of amides is 1. The third-order valence-corrected chi connectivity index (χ3v) is 5.44. The summed E-state index contributed by atoms with van der Waals surface area (Å²) in [7, 11) is 1.58. The fourth-order valence-corrected chi connectivity index (χ4v) is 4.12. The number of ketones is 1. The summed E-state index contributed by atoms with van der Waals surface area (Å²) in [6.45, 7) is 3.57. The van der Waals surface area contributed by atoms with E-state index in [9.17, 15) is 14.7 Å². The lowest BCUT2D eigenvalue weighted by atomic mass is 9.88. The first-order chi connectivity index (χ1) is 12.5. The van der Waals surface area contributed by atoms with Crippen LogP contribution < -0.4 is 4.74 Å². The summed E-state index contributed by atoms with van der Waals surface area (Å²) in [4.78, 5) is 27.5. The molecule has 1 aliphatic heterocycles. The SMILES string of the molecule is COc1ccccc1C1C(C(=O)C(C)C)=C(O)C(=O)N1C1CCCCC1. The largest absolute Gasteiger partial charge is 0.503 e. The van der Waals surface area contributed by atoms with Gasteiger partial charge < -0.3 is 14.7 Å². The number of Topliss-reactive ketones (excluding diaryl/α,β-unsaturated/α-hetero) is 1. The number of nitrogens with zero attached hydrogens (tertiary/aromatic N) is 1. The molecule has 5 nitrogen and oxygen atoms in total. The highest BCUT2D eigenvalue weighted by Crippen LogP contribution is 2.45. The third-order valence-electron chi connectivity index (χ3n) is 5.44. The summed E-state index contributed by atoms with van der Waals surface area (Å²) in [5.74, 6) is -0.703. The molecule has 1 amide bonds. The summed E-state index contributed by atoms with van der Waals surface area (Å²) >= 11 is 0. The number of rotatable bonds is 5. The van der Waals surface area contributed by atoms with Crippen molar-refractivity contribution in [2.45, 2.75) is 58.0 Å². The van der Waals surface area contributed by atoms with Gasteiger partial charge in [-0.25, -0.2) is 0 Å². The Balaban J connectivity index is 2.13. The highest BCUT2D eigenvalue weighted by molar-refractivity contribution is 6.09. The number of ether oxygens (including phenoxy) is 1. The molecule has 1 aromatic carbocycles. The molecule has 1 fully saturated rings. The molecule has 1 saturated carbocycles. The predicted molar refractivity (Wildman–Crippen MR) is 99.0 cm³/mol. The van der Waals surface area contributed by atoms with Gasteiger partial charge in [-0.05, 0) is 18.9 Å². The molecule has 0 saturated heterocycles. The Labute approximate surface area is 154 Å². The van der Waals surface area contributed by atoms with Crippen LogP contribution in [-0.2, 0) is 9.59 Å². The van der Waals surface area contributed by atoms with Crippen LogP contribution in [0.4, 0.5) is 0 Å². The second-order valence-corrected chi connectivity index (χ2v) is 7.43. The number of aliphatic hydroxyl groups is 1. The Hall–Kier alpha value is -2.30. The zero-order valence-electron chi connectivity index (χ0n) is 15.7. The Bertz CT molecular complexity index is 731. The molecule has 0 bridgehead atoms. The predicted octanol–water partition coefficient (Wildman–Crippen LogP) is 3.95. The number of aliphatic hydroxyl groups excluding tert-OH is 1. The normalized spacial score (nSPS) is 21.6. The molecule has 0 radical (unpaired) electrons. The molecule has 2 aliphatic rings. The molecule has 26 heavy (non-hydrogen) atoms. The van der Waals surface area contributed by atoms with Gasteiger partial charge in [0.1, 0.15) is 5.75 Å². The number of hydrogen-bond acceptors (Lipinski definition) is 4. The molecule has 1 unspecified atom stereocenters. The highest BCUT2D eigenvalue weighted by Gasteiger charge is 2.47. The second kappa shape index (κ2) is 7.52. The zero-order chi connectivity index (χ0) is 18.8. The van der Waals surface area contributed by atoms with Crippen LogP contribution >= 0.6 is 0 Å². The number of para-hydroxylation sites is 1. The maximum atomic E-state index is 13.0. The fourth-order valence-electron chi connectivity index (χ4n) is 4.12. The van der Waals surface area contributed by atoms with Crippen molar-refractivity contribution in [3.8, 4) is 5.75 Å². The smallest absolute Gasteiger partial charge is 0.290 e. The minimum Gasteiger partial charge on any atom is -0.503 e. The van der Waals surface area contributed by atoms with Crippen LogP contribution in [0.2, 0.25) is 0 Å². The van der Waals surface area contributed by atoms with Crippen LogP contribution in [-0.4, -0.2) is 34.8 Å². The lowest BCUT2D eigenvalue weighted by Crippen LogP contribution is -2.41. The van der Waals surface area contributed by atoms with E-state index in [2.05, 4.69) is 0 Å². The van der Waals surface area contributed by atoms with Gasteiger partial charge in [0, 0.05) is 17.5 Å². The lowest BCUT2D eigenvalue weighted by Gasteiger charge is -2.37. The van der Waals surface area contributed by atoms with Gasteiger partial charge in [-0.15, -0.1) is 0 Å². The summed E-state index contributed by atoms with van der Waals surface area (Å²) in [6.07, 6.45) is 5.07.